The van der Waals surface area contributed by atoms with Crippen LogP contribution in [-0.4, -0.2) is 4.98 Å². The van der Waals surface area contributed by atoms with Gasteiger partial charge in [0.2, 0.25) is 0 Å². The first-order valence-corrected chi connectivity index (χ1v) is 9.13. The van der Waals surface area contributed by atoms with E-state index in [4.69, 9.17) is 0 Å². The van der Waals surface area contributed by atoms with Crippen LogP contribution in [-0.2, 0) is 5.41 Å². The first-order valence-electron chi connectivity index (χ1n) is 9.13. The van der Waals surface area contributed by atoms with Gasteiger partial charge in [0.15, 0.2) is 0 Å². The molecule has 1 aromatic heterocycles. The van der Waals surface area contributed by atoms with E-state index in [2.05, 4.69) is 104 Å². The predicted octanol–water partition coefficient (Wildman–Crippen LogP) is 6.66. The van der Waals surface area contributed by atoms with Crippen LogP contribution in [0.4, 0.5) is 0 Å². The fraction of sp³-hybridized carbons (Fsp3) is 0.120. The standard InChI is InChI=1S/C25H21N/c1-25(2)22-11-7-6-10-20(22)21-13-12-18(14-23(21)25)24-15-19(16-26-24)17-8-4-3-5-9-17/h3-16,26H,1-2H3. The second-order valence-electron chi connectivity index (χ2n) is 7.60. The van der Waals surface area contributed by atoms with Crippen molar-refractivity contribution in [2.75, 3.05) is 0 Å². The van der Waals surface area contributed by atoms with Crippen molar-refractivity contribution in [1.29, 1.82) is 0 Å². The summed E-state index contributed by atoms with van der Waals surface area (Å²) in [7, 11) is 0. The summed E-state index contributed by atoms with van der Waals surface area (Å²) in [5.41, 5.74) is 10.5. The summed E-state index contributed by atoms with van der Waals surface area (Å²) in [5.74, 6) is 0. The highest BCUT2D eigenvalue weighted by Gasteiger charge is 2.35. The maximum atomic E-state index is 3.46. The van der Waals surface area contributed by atoms with Crippen LogP contribution in [0.25, 0.3) is 33.5 Å². The average Bonchev–Trinajstić information content (AvgIpc) is 3.26. The van der Waals surface area contributed by atoms with E-state index in [1.165, 1.54) is 44.6 Å². The van der Waals surface area contributed by atoms with E-state index in [1.807, 2.05) is 0 Å². The Balaban J connectivity index is 1.60. The van der Waals surface area contributed by atoms with Crippen LogP contribution in [0.5, 0.6) is 0 Å². The zero-order valence-electron chi connectivity index (χ0n) is 15.1. The monoisotopic (exact) mass is 335 g/mol. The van der Waals surface area contributed by atoms with Gasteiger partial charge in [0.05, 0.1) is 0 Å². The molecule has 3 aromatic carbocycles. The molecular weight excluding hydrogens is 314 g/mol. The van der Waals surface area contributed by atoms with E-state index in [9.17, 15) is 0 Å². The molecule has 0 aliphatic heterocycles. The topological polar surface area (TPSA) is 15.8 Å². The summed E-state index contributed by atoms with van der Waals surface area (Å²) in [6.07, 6.45) is 2.10. The van der Waals surface area contributed by atoms with E-state index < -0.39 is 0 Å². The zero-order chi connectivity index (χ0) is 17.7. The molecule has 0 amide bonds. The number of rotatable bonds is 2. The zero-order valence-corrected chi connectivity index (χ0v) is 15.1. The van der Waals surface area contributed by atoms with Gasteiger partial charge in [0.1, 0.15) is 0 Å². The molecule has 0 fully saturated rings. The van der Waals surface area contributed by atoms with Crippen LogP contribution in [0.3, 0.4) is 0 Å². The average molecular weight is 335 g/mol. The Kier molecular flexibility index (Phi) is 3.20. The summed E-state index contributed by atoms with van der Waals surface area (Å²) in [6.45, 7) is 4.65. The lowest BCUT2D eigenvalue weighted by Gasteiger charge is -2.21. The molecule has 1 aliphatic rings. The molecule has 0 saturated carbocycles. The smallest absolute Gasteiger partial charge is 0.0460 e. The molecule has 5 rings (SSSR count). The highest BCUT2D eigenvalue weighted by Crippen LogP contribution is 2.49. The quantitative estimate of drug-likeness (QED) is 0.422. The third-order valence-electron chi connectivity index (χ3n) is 5.68. The van der Waals surface area contributed by atoms with E-state index in [1.54, 1.807) is 0 Å². The van der Waals surface area contributed by atoms with Crippen molar-refractivity contribution in [2.45, 2.75) is 19.3 Å². The molecule has 126 valence electrons. The second kappa shape index (κ2) is 5.47. The number of hydrogen-bond donors (Lipinski definition) is 1. The van der Waals surface area contributed by atoms with Gasteiger partial charge in [-0.05, 0) is 51.1 Å². The Morgan fingerprint density at radius 3 is 2.19 bits per heavy atom. The minimum Gasteiger partial charge on any atom is -0.361 e. The van der Waals surface area contributed by atoms with Crippen LogP contribution in [0.2, 0.25) is 0 Å². The number of fused-ring (bicyclic) bond motifs is 3. The normalized spacial score (nSPS) is 14.1. The molecule has 0 bridgehead atoms. The van der Waals surface area contributed by atoms with E-state index in [-0.39, 0.29) is 5.41 Å². The minimum absolute atomic E-state index is 0.0385. The van der Waals surface area contributed by atoms with Gasteiger partial charge in [0, 0.05) is 17.3 Å². The van der Waals surface area contributed by atoms with Gasteiger partial charge in [-0.2, -0.15) is 0 Å². The summed E-state index contributed by atoms with van der Waals surface area (Å²) in [5, 5.41) is 0. The van der Waals surface area contributed by atoms with Crippen molar-refractivity contribution in [3.8, 4) is 33.5 Å². The van der Waals surface area contributed by atoms with Crippen molar-refractivity contribution < 1.29 is 0 Å². The third-order valence-corrected chi connectivity index (χ3v) is 5.68. The molecule has 26 heavy (non-hydrogen) atoms. The van der Waals surface area contributed by atoms with Gasteiger partial charge in [-0.3, -0.25) is 0 Å². The van der Waals surface area contributed by atoms with Gasteiger partial charge >= 0.3 is 0 Å². The number of benzene rings is 3. The third kappa shape index (κ3) is 2.17. The number of aromatic amines is 1. The molecule has 0 unspecified atom stereocenters. The van der Waals surface area contributed by atoms with Crippen molar-refractivity contribution in [1.82, 2.24) is 4.98 Å². The Morgan fingerprint density at radius 2 is 1.35 bits per heavy atom. The number of aromatic nitrogens is 1. The Hall–Kier alpha value is -3.06. The van der Waals surface area contributed by atoms with Crippen LogP contribution in [0, 0.1) is 0 Å². The summed E-state index contributed by atoms with van der Waals surface area (Å²) in [4.78, 5) is 3.46. The van der Waals surface area contributed by atoms with Gasteiger partial charge in [-0.25, -0.2) is 0 Å². The van der Waals surface area contributed by atoms with E-state index in [0.717, 1.165) is 0 Å². The van der Waals surface area contributed by atoms with Crippen molar-refractivity contribution >= 4 is 0 Å². The fourth-order valence-electron chi connectivity index (χ4n) is 4.23. The number of hydrogen-bond acceptors (Lipinski definition) is 0. The lowest BCUT2D eigenvalue weighted by Crippen LogP contribution is -2.14. The second-order valence-corrected chi connectivity index (χ2v) is 7.60. The minimum atomic E-state index is 0.0385. The summed E-state index contributed by atoms with van der Waals surface area (Å²) < 4.78 is 0. The molecule has 1 heterocycles. The summed E-state index contributed by atoms with van der Waals surface area (Å²) >= 11 is 0. The lowest BCUT2D eigenvalue weighted by molar-refractivity contribution is 0.660. The summed E-state index contributed by atoms with van der Waals surface area (Å²) in [6, 6.07) is 28.4. The molecule has 1 aliphatic carbocycles. The molecule has 1 heteroatoms. The van der Waals surface area contributed by atoms with E-state index >= 15 is 0 Å². The number of H-pyrrole nitrogens is 1. The van der Waals surface area contributed by atoms with Gasteiger partial charge in [-0.15, -0.1) is 0 Å². The van der Waals surface area contributed by atoms with Crippen LogP contribution >= 0.6 is 0 Å². The molecule has 4 aromatic rings. The Morgan fingerprint density at radius 1 is 0.615 bits per heavy atom. The lowest BCUT2D eigenvalue weighted by atomic mass is 9.82. The molecule has 0 saturated heterocycles. The van der Waals surface area contributed by atoms with E-state index in [0.29, 0.717) is 0 Å². The molecule has 1 N–H and O–H groups in total. The van der Waals surface area contributed by atoms with Crippen LogP contribution < -0.4 is 0 Å². The van der Waals surface area contributed by atoms with Gasteiger partial charge in [-0.1, -0.05) is 80.6 Å². The van der Waals surface area contributed by atoms with Crippen molar-refractivity contribution in [3.63, 3.8) is 0 Å². The fourth-order valence-corrected chi connectivity index (χ4v) is 4.23. The molecule has 0 atom stereocenters. The van der Waals surface area contributed by atoms with Crippen LogP contribution in [0.1, 0.15) is 25.0 Å². The van der Waals surface area contributed by atoms with Crippen molar-refractivity contribution in [3.05, 3.63) is 96.2 Å². The maximum absolute atomic E-state index is 3.46. The van der Waals surface area contributed by atoms with Crippen LogP contribution in [0.15, 0.2) is 85.1 Å². The van der Waals surface area contributed by atoms with Gasteiger partial charge in [0.25, 0.3) is 0 Å². The first kappa shape index (κ1) is 15.2. The number of nitrogens with one attached hydrogen (secondary N) is 1. The largest absolute Gasteiger partial charge is 0.361 e. The molecule has 0 spiro atoms. The molecule has 1 nitrogen and oxygen atoms in total. The van der Waals surface area contributed by atoms with Gasteiger partial charge < -0.3 is 4.98 Å². The van der Waals surface area contributed by atoms with Crippen molar-refractivity contribution in [2.24, 2.45) is 0 Å². The first-order chi connectivity index (χ1) is 12.6. The Bertz CT molecular complexity index is 1100. The predicted molar refractivity (Wildman–Crippen MR) is 109 cm³/mol. The Labute approximate surface area is 154 Å². The highest BCUT2D eigenvalue weighted by molar-refractivity contribution is 5.83. The SMILES string of the molecule is CC1(C)c2ccccc2-c2ccc(-c3cc(-c4ccccc4)c[nH]3)cc21. The maximum Gasteiger partial charge on any atom is 0.0460 e. The highest BCUT2D eigenvalue weighted by atomic mass is 14.7. The molecule has 0 radical (unpaired) electrons. The molecular formula is C25H21N.